The molecule has 0 amide bonds. The fourth-order valence-electron chi connectivity index (χ4n) is 4.03. The van der Waals surface area contributed by atoms with Gasteiger partial charge in [0.1, 0.15) is 11.4 Å². The van der Waals surface area contributed by atoms with E-state index in [1.807, 2.05) is 29.2 Å². The average molecular weight is 458 g/mol. The normalized spacial score (nSPS) is 13.7. The van der Waals surface area contributed by atoms with E-state index in [0.29, 0.717) is 30.2 Å². The first kappa shape index (κ1) is 21.4. The zero-order valence-electron chi connectivity index (χ0n) is 18.5. The molecule has 172 valence electrons. The number of hydrogen-bond donors (Lipinski definition) is 0. The second-order valence-electron chi connectivity index (χ2n) is 7.79. The van der Waals surface area contributed by atoms with Crippen molar-refractivity contribution in [2.75, 3.05) is 43.1 Å². The van der Waals surface area contributed by atoms with Crippen molar-refractivity contribution in [3.05, 3.63) is 77.1 Å². The number of ether oxygens (including phenoxy) is 1. The summed E-state index contributed by atoms with van der Waals surface area (Å²) in [4.78, 5) is 24.2. The lowest BCUT2D eigenvalue weighted by Crippen LogP contribution is -2.46. The van der Waals surface area contributed by atoms with E-state index in [0.717, 1.165) is 30.1 Å². The van der Waals surface area contributed by atoms with Gasteiger partial charge in [0.15, 0.2) is 0 Å². The van der Waals surface area contributed by atoms with E-state index in [9.17, 15) is 10.1 Å². The van der Waals surface area contributed by atoms with Gasteiger partial charge in [0.25, 0.3) is 11.6 Å². The largest absolute Gasteiger partial charge is 0.497 e. The fourth-order valence-corrected chi connectivity index (χ4v) is 4.03. The third-order valence-corrected chi connectivity index (χ3v) is 5.84. The minimum absolute atomic E-state index is 0.0130. The molecule has 1 saturated heterocycles. The van der Waals surface area contributed by atoms with Gasteiger partial charge in [-0.1, -0.05) is 5.16 Å². The molecule has 0 spiro atoms. The van der Waals surface area contributed by atoms with Crippen LogP contribution < -0.4 is 14.5 Å². The van der Waals surface area contributed by atoms with Gasteiger partial charge in [-0.2, -0.15) is 4.98 Å². The van der Waals surface area contributed by atoms with Crippen LogP contribution in [0.1, 0.15) is 0 Å². The van der Waals surface area contributed by atoms with Crippen molar-refractivity contribution < 1.29 is 14.2 Å². The molecule has 2 aromatic heterocycles. The van der Waals surface area contributed by atoms with Crippen LogP contribution >= 0.6 is 0 Å². The van der Waals surface area contributed by atoms with Crippen LogP contribution in [0.2, 0.25) is 0 Å². The van der Waals surface area contributed by atoms with Gasteiger partial charge in [0.05, 0.1) is 12.0 Å². The number of nitro groups is 1. The maximum absolute atomic E-state index is 11.9. The second kappa shape index (κ2) is 9.18. The lowest BCUT2D eigenvalue weighted by molar-refractivity contribution is -0.384. The summed E-state index contributed by atoms with van der Waals surface area (Å²) in [6.07, 6.45) is 3.28. The SMILES string of the molecule is COc1ccc(N2CCN(c3ccc(-c4nc(-c5ccncc5)no4)cc3[N+](=O)[O-])CC2)cc1. The van der Waals surface area contributed by atoms with Gasteiger partial charge in [-0.05, 0) is 48.5 Å². The molecule has 0 atom stereocenters. The van der Waals surface area contributed by atoms with Gasteiger partial charge in [-0.25, -0.2) is 0 Å². The molecule has 0 radical (unpaired) electrons. The van der Waals surface area contributed by atoms with Gasteiger partial charge >= 0.3 is 0 Å². The molecule has 34 heavy (non-hydrogen) atoms. The average Bonchev–Trinajstić information content (AvgIpc) is 3.39. The molecular weight excluding hydrogens is 436 g/mol. The molecule has 1 aliphatic rings. The molecule has 10 heteroatoms. The summed E-state index contributed by atoms with van der Waals surface area (Å²) in [6.45, 7) is 2.84. The zero-order valence-corrected chi connectivity index (χ0v) is 18.5. The number of hydrogen-bond acceptors (Lipinski definition) is 9. The third-order valence-electron chi connectivity index (χ3n) is 5.84. The van der Waals surface area contributed by atoms with E-state index in [-0.39, 0.29) is 16.5 Å². The summed E-state index contributed by atoms with van der Waals surface area (Å²) in [5, 5.41) is 15.9. The highest BCUT2D eigenvalue weighted by Crippen LogP contribution is 2.34. The van der Waals surface area contributed by atoms with Crippen LogP contribution in [0.25, 0.3) is 22.8 Å². The Bertz CT molecular complexity index is 1280. The summed E-state index contributed by atoms with van der Waals surface area (Å²) in [6, 6.07) is 16.5. The number of nitro benzene ring substituents is 1. The number of anilines is 2. The van der Waals surface area contributed by atoms with Crippen molar-refractivity contribution in [3.63, 3.8) is 0 Å². The van der Waals surface area contributed by atoms with E-state index in [4.69, 9.17) is 9.26 Å². The van der Waals surface area contributed by atoms with Crippen molar-refractivity contribution in [2.24, 2.45) is 0 Å². The Hall–Kier alpha value is -4.47. The second-order valence-corrected chi connectivity index (χ2v) is 7.79. The van der Waals surface area contributed by atoms with Crippen molar-refractivity contribution in [2.45, 2.75) is 0 Å². The number of piperazine rings is 1. The van der Waals surface area contributed by atoms with Gasteiger partial charge in [0, 0.05) is 61.5 Å². The summed E-state index contributed by atoms with van der Waals surface area (Å²) < 4.78 is 10.6. The van der Waals surface area contributed by atoms with Gasteiger partial charge < -0.3 is 19.1 Å². The summed E-state index contributed by atoms with van der Waals surface area (Å²) in [5.74, 6) is 1.44. The molecule has 0 N–H and O–H groups in total. The number of pyridine rings is 1. The standard InChI is InChI=1S/C24H22N6O4/c1-33-20-5-3-19(4-6-20)28-12-14-29(15-13-28)21-7-2-18(16-22(21)30(31)32)24-26-23(27-34-24)17-8-10-25-11-9-17/h2-11,16H,12-15H2,1H3. The number of nitrogens with zero attached hydrogens (tertiary/aromatic N) is 6. The molecule has 0 unspecified atom stereocenters. The van der Waals surface area contributed by atoms with Gasteiger partial charge in [-0.3, -0.25) is 15.1 Å². The lowest BCUT2D eigenvalue weighted by Gasteiger charge is -2.37. The molecule has 5 rings (SSSR count). The highest BCUT2D eigenvalue weighted by molar-refractivity contribution is 5.72. The van der Waals surface area contributed by atoms with Crippen LogP contribution in [0.3, 0.4) is 0 Å². The fraction of sp³-hybridized carbons (Fsp3) is 0.208. The van der Waals surface area contributed by atoms with Crippen LogP contribution in [-0.4, -0.2) is 53.3 Å². The lowest BCUT2D eigenvalue weighted by atomic mass is 10.1. The summed E-state index contributed by atoms with van der Waals surface area (Å²) in [7, 11) is 1.64. The van der Waals surface area contributed by atoms with Crippen LogP contribution in [-0.2, 0) is 0 Å². The first-order chi connectivity index (χ1) is 16.6. The predicted molar refractivity (Wildman–Crippen MR) is 127 cm³/mol. The van der Waals surface area contributed by atoms with Gasteiger partial charge in [-0.15, -0.1) is 0 Å². The molecule has 2 aromatic carbocycles. The maximum Gasteiger partial charge on any atom is 0.293 e. The highest BCUT2D eigenvalue weighted by Gasteiger charge is 2.25. The number of rotatable bonds is 6. The van der Waals surface area contributed by atoms with E-state index in [2.05, 4.69) is 20.0 Å². The quantitative estimate of drug-likeness (QED) is 0.312. The Balaban J connectivity index is 1.34. The van der Waals surface area contributed by atoms with Gasteiger partial charge in [0.2, 0.25) is 5.82 Å². The van der Waals surface area contributed by atoms with Crippen molar-refractivity contribution in [1.29, 1.82) is 0 Å². The molecule has 4 aromatic rings. The van der Waals surface area contributed by atoms with Crippen molar-refractivity contribution in [3.8, 4) is 28.6 Å². The highest BCUT2D eigenvalue weighted by atomic mass is 16.6. The van der Waals surface area contributed by atoms with Crippen molar-refractivity contribution >= 4 is 17.1 Å². The number of methoxy groups -OCH3 is 1. The first-order valence-electron chi connectivity index (χ1n) is 10.8. The predicted octanol–water partition coefficient (Wildman–Crippen LogP) is 4.04. The van der Waals surface area contributed by atoms with Crippen LogP contribution in [0, 0.1) is 10.1 Å². The minimum atomic E-state index is -0.366. The summed E-state index contributed by atoms with van der Waals surface area (Å²) in [5.41, 5.74) is 2.95. The number of aromatic nitrogens is 3. The van der Waals surface area contributed by atoms with Crippen molar-refractivity contribution in [1.82, 2.24) is 15.1 Å². The van der Waals surface area contributed by atoms with E-state index in [1.165, 1.54) is 6.07 Å². The van der Waals surface area contributed by atoms with Crippen LogP contribution in [0.4, 0.5) is 17.1 Å². The number of benzene rings is 2. The minimum Gasteiger partial charge on any atom is -0.497 e. The molecule has 0 bridgehead atoms. The van der Waals surface area contributed by atoms with E-state index in [1.54, 1.807) is 43.8 Å². The monoisotopic (exact) mass is 458 g/mol. The molecule has 1 aliphatic heterocycles. The molecule has 3 heterocycles. The topological polar surface area (TPSA) is 111 Å². The van der Waals surface area contributed by atoms with E-state index >= 15 is 0 Å². The zero-order chi connectivity index (χ0) is 23.5. The Morgan fingerprint density at radius 2 is 1.65 bits per heavy atom. The smallest absolute Gasteiger partial charge is 0.293 e. The Morgan fingerprint density at radius 1 is 0.941 bits per heavy atom. The van der Waals surface area contributed by atoms with E-state index < -0.39 is 0 Å². The molecular formula is C24H22N6O4. The molecule has 1 fully saturated rings. The molecule has 0 aliphatic carbocycles. The van der Waals surface area contributed by atoms with Crippen LogP contribution in [0.5, 0.6) is 5.75 Å². The van der Waals surface area contributed by atoms with Crippen LogP contribution in [0.15, 0.2) is 71.5 Å². The third kappa shape index (κ3) is 4.25. The first-order valence-corrected chi connectivity index (χ1v) is 10.8. The molecule has 10 nitrogen and oxygen atoms in total. The Labute approximate surface area is 195 Å². The Morgan fingerprint density at radius 3 is 2.32 bits per heavy atom. The summed E-state index contributed by atoms with van der Waals surface area (Å²) >= 11 is 0. The molecule has 0 saturated carbocycles. The Kier molecular flexibility index (Phi) is 5.77. The maximum atomic E-state index is 11.9.